The maximum Gasteiger partial charge on any atom is 0.451 e. The van der Waals surface area contributed by atoms with Crippen molar-refractivity contribution in [3.8, 4) is 0 Å². The van der Waals surface area contributed by atoms with Crippen LogP contribution >= 0.6 is 11.6 Å². The minimum atomic E-state index is -4.61. The van der Waals surface area contributed by atoms with Crippen molar-refractivity contribution in [2.45, 2.75) is 32.1 Å². The number of urea groups is 1. The van der Waals surface area contributed by atoms with E-state index in [2.05, 4.69) is 41.1 Å². The van der Waals surface area contributed by atoms with Crippen LogP contribution in [0, 0.1) is 0 Å². The maximum atomic E-state index is 13.2. The number of fused-ring (bicyclic) bond motifs is 7. The molecule has 0 unspecified atom stereocenters. The summed E-state index contributed by atoms with van der Waals surface area (Å²) in [7, 11) is 0. The molecule has 0 fully saturated rings. The molecule has 0 spiro atoms. The molecule has 5 heterocycles. The molecular formula is C24H20ClF3N10O. The molecule has 4 aromatic rings. The minimum Gasteiger partial charge on any atom is -0.339 e. The Kier molecular flexibility index (Phi) is 6.17. The van der Waals surface area contributed by atoms with Gasteiger partial charge in [0.05, 0.1) is 24.6 Å². The third-order valence-corrected chi connectivity index (χ3v) is 6.66. The number of carbonyl (C=O) groups excluding carboxylic acids is 1. The summed E-state index contributed by atoms with van der Waals surface area (Å²) in [6.07, 6.45) is 1.50. The molecule has 0 aliphatic carbocycles. The van der Waals surface area contributed by atoms with E-state index in [1.165, 1.54) is 11.1 Å². The van der Waals surface area contributed by atoms with Crippen LogP contribution in [0.5, 0.6) is 0 Å². The summed E-state index contributed by atoms with van der Waals surface area (Å²) in [5.74, 6) is -0.229. The Morgan fingerprint density at radius 2 is 1.90 bits per heavy atom. The normalized spacial score (nSPS) is 14.6. The number of alkyl halides is 3. The van der Waals surface area contributed by atoms with Gasteiger partial charge in [0.15, 0.2) is 11.6 Å². The first-order chi connectivity index (χ1) is 18.7. The summed E-state index contributed by atoms with van der Waals surface area (Å²) in [6.45, 7) is -0.0712. The molecule has 200 valence electrons. The number of nitrogens with zero attached hydrogens (tertiary/aromatic N) is 7. The van der Waals surface area contributed by atoms with Crippen molar-refractivity contribution in [1.29, 1.82) is 0 Å². The number of halogens is 4. The summed E-state index contributed by atoms with van der Waals surface area (Å²) >= 11 is 6.32. The molecule has 2 amide bonds. The fourth-order valence-electron chi connectivity index (χ4n) is 4.49. The number of aryl methyl sites for hydroxylation is 2. The van der Waals surface area contributed by atoms with Crippen LogP contribution in [0.15, 0.2) is 42.9 Å². The van der Waals surface area contributed by atoms with Crippen LogP contribution in [-0.4, -0.2) is 47.2 Å². The number of rotatable bonds is 1. The zero-order valence-corrected chi connectivity index (χ0v) is 20.9. The van der Waals surface area contributed by atoms with Crippen LogP contribution in [-0.2, 0) is 32.1 Å². The van der Waals surface area contributed by atoms with Gasteiger partial charge in [0.2, 0.25) is 11.8 Å². The summed E-state index contributed by atoms with van der Waals surface area (Å²) in [6, 6.07) is 6.91. The van der Waals surface area contributed by atoms with Crippen molar-refractivity contribution in [3.63, 3.8) is 0 Å². The Bertz CT molecular complexity index is 1570. The molecule has 2 aliphatic heterocycles. The molecule has 0 radical (unpaired) electrons. The van der Waals surface area contributed by atoms with Crippen molar-refractivity contribution in [3.05, 3.63) is 70.7 Å². The number of carbonyl (C=O) groups is 1. The van der Waals surface area contributed by atoms with Gasteiger partial charge >= 0.3 is 12.2 Å². The molecule has 6 rings (SSSR count). The largest absolute Gasteiger partial charge is 0.451 e. The fourth-order valence-corrected chi connectivity index (χ4v) is 4.63. The summed E-state index contributed by atoms with van der Waals surface area (Å²) in [5, 5.41) is 16.5. The van der Waals surface area contributed by atoms with Crippen LogP contribution in [0.1, 0.15) is 22.8 Å². The SMILES string of the molecule is O=C(Nc1ccc2cc1CCc1cncc(c1)Nc1ncc(Cl)c(n1)N2)N1CCn2c(nnc2C(F)(F)F)C1. The fraction of sp³-hybridized carbons (Fsp3) is 0.250. The van der Waals surface area contributed by atoms with E-state index in [0.717, 1.165) is 15.7 Å². The molecule has 11 nitrogen and oxygen atoms in total. The standard InChI is InChI=1S/C24H20ClF3N10O/c25-17-11-30-22-32-16-7-13(9-29-10-16)1-2-14-8-15(31-20(17)34-22)3-4-18(14)33-23(39)37-5-6-38-19(12-37)35-36-21(38)24(26,27)28/h3-4,7-11H,1-2,5-6,12H2,(H,33,39)(H2,30,31,32,34). The smallest absolute Gasteiger partial charge is 0.339 e. The molecular weight excluding hydrogens is 537 g/mol. The van der Waals surface area contributed by atoms with E-state index in [4.69, 9.17) is 11.6 Å². The van der Waals surface area contributed by atoms with Gasteiger partial charge in [-0.1, -0.05) is 11.6 Å². The van der Waals surface area contributed by atoms with Crippen LogP contribution in [0.3, 0.4) is 0 Å². The molecule has 6 bridgehead atoms. The molecule has 1 aromatic carbocycles. The predicted octanol–water partition coefficient (Wildman–Crippen LogP) is 4.77. The molecule has 0 saturated carbocycles. The number of anilines is 5. The van der Waals surface area contributed by atoms with Crippen molar-refractivity contribution in [2.75, 3.05) is 22.5 Å². The van der Waals surface area contributed by atoms with E-state index in [0.29, 0.717) is 46.7 Å². The molecule has 3 aromatic heterocycles. The highest BCUT2D eigenvalue weighted by Crippen LogP contribution is 2.31. The molecule has 3 N–H and O–H groups in total. The maximum absolute atomic E-state index is 13.2. The average Bonchev–Trinajstić information content (AvgIpc) is 3.34. The molecule has 15 heteroatoms. The predicted molar refractivity (Wildman–Crippen MR) is 136 cm³/mol. The summed E-state index contributed by atoms with van der Waals surface area (Å²) < 4.78 is 40.5. The number of amides is 2. The van der Waals surface area contributed by atoms with E-state index in [9.17, 15) is 18.0 Å². The van der Waals surface area contributed by atoms with Gasteiger partial charge in [0, 0.05) is 30.7 Å². The zero-order chi connectivity index (χ0) is 27.1. The van der Waals surface area contributed by atoms with Crippen molar-refractivity contribution >= 4 is 46.5 Å². The lowest BCUT2D eigenvalue weighted by atomic mass is 10.0. The number of benzene rings is 1. The first-order valence-electron chi connectivity index (χ1n) is 11.9. The lowest BCUT2D eigenvalue weighted by molar-refractivity contribution is -0.147. The van der Waals surface area contributed by atoms with E-state index >= 15 is 0 Å². The third-order valence-electron chi connectivity index (χ3n) is 6.38. The Morgan fingerprint density at radius 3 is 2.74 bits per heavy atom. The third kappa shape index (κ3) is 5.14. The van der Waals surface area contributed by atoms with Crippen molar-refractivity contribution in [1.82, 2.24) is 34.6 Å². The lowest BCUT2D eigenvalue weighted by Gasteiger charge is -2.28. The van der Waals surface area contributed by atoms with Gasteiger partial charge in [0.25, 0.3) is 0 Å². The number of hydrogen-bond donors (Lipinski definition) is 3. The number of hydrogen-bond acceptors (Lipinski definition) is 8. The van der Waals surface area contributed by atoms with Crippen LogP contribution in [0.2, 0.25) is 5.02 Å². The van der Waals surface area contributed by atoms with E-state index in [1.54, 1.807) is 24.5 Å². The molecule has 39 heavy (non-hydrogen) atoms. The highest BCUT2D eigenvalue weighted by molar-refractivity contribution is 6.32. The van der Waals surface area contributed by atoms with Gasteiger partial charge in [-0.05, 0) is 48.2 Å². The van der Waals surface area contributed by atoms with E-state index in [-0.39, 0.29) is 25.5 Å². The monoisotopic (exact) mass is 556 g/mol. The first-order valence-corrected chi connectivity index (χ1v) is 12.3. The second-order valence-electron chi connectivity index (χ2n) is 9.03. The van der Waals surface area contributed by atoms with Crippen LogP contribution < -0.4 is 16.0 Å². The topological polar surface area (TPSA) is 126 Å². The first kappa shape index (κ1) is 24.9. The quantitative estimate of drug-likeness (QED) is 0.306. The van der Waals surface area contributed by atoms with Gasteiger partial charge in [-0.2, -0.15) is 18.2 Å². The molecule has 0 atom stereocenters. The van der Waals surface area contributed by atoms with Crippen LogP contribution in [0.25, 0.3) is 0 Å². The average molecular weight is 557 g/mol. The molecule has 2 aliphatic rings. The van der Waals surface area contributed by atoms with Crippen LogP contribution in [0.4, 0.5) is 46.8 Å². The highest BCUT2D eigenvalue weighted by atomic mass is 35.5. The Morgan fingerprint density at radius 1 is 1.03 bits per heavy atom. The Labute approximate surface area is 224 Å². The van der Waals surface area contributed by atoms with Gasteiger partial charge < -0.3 is 25.4 Å². The van der Waals surface area contributed by atoms with E-state index < -0.39 is 18.0 Å². The summed E-state index contributed by atoms with van der Waals surface area (Å²) in [4.78, 5) is 27.5. The number of pyridine rings is 1. The second-order valence-corrected chi connectivity index (χ2v) is 9.44. The van der Waals surface area contributed by atoms with Gasteiger partial charge in [-0.25, -0.2) is 9.78 Å². The van der Waals surface area contributed by atoms with Crippen molar-refractivity contribution in [2.24, 2.45) is 0 Å². The van der Waals surface area contributed by atoms with Gasteiger partial charge in [0.1, 0.15) is 5.02 Å². The highest BCUT2D eigenvalue weighted by Gasteiger charge is 2.40. The Balaban J connectivity index is 1.27. The molecule has 0 saturated heterocycles. The van der Waals surface area contributed by atoms with E-state index in [1.807, 2.05) is 12.1 Å². The zero-order valence-electron chi connectivity index (χ0n) is 20.1. The lowest BCUT2D eigenvalue weighted by Crippen LogP contribution is -2.41. The van der Waals surface area contributed by atoms with Gasteiger partial charge in [-0.3, -0.25) is 4.98 Å². The summed E-state index contributed by atoms with van der Waals surface area (Å²) in [5.41, 5.74) is 3.77. The number of nitrogens with one attached hydrogen (secondary N) is 3. The second kappa shape index (κ2) is 9.69. The van der Waals surface area contributed by atoms with Crippen molar-refractivity contribution < 1.29 is 18.0 Å². The Hall–Kier alpha value is -4.46. The number of aromatic nitrogens is 6. The minimum absolute atomic E-state index is 0.0562. The van der Waals surface area contributed by atoms with Gasteiger partial charge in [-0.15, -0.1) is 10.2 Å².